The molecule has 0 aromatic carbocycles. The van der Waals surface area contributed by atoms with Gasteiger partial charge in [0.15, 0.2) is 0 Å². The maximum absolute atomic E-state index is 12.2. The monoisotopic (exact) mass is 226 g/mol. The summed E-state index contributed by atoms with van der Waals surface area (Å²) >= 11 is 0. The molecule has 0 radical (unpaired) electrons. The molecule has 82 valence electrons. The molecular formula is C7H12F2N2O2S. The summed E-state index contributed by atoms with van der Waals surface area (Å²) in [6.07, 6.45) is 0. The largest absolute Gasteiger partial charge is 0.350 e. The number of fused-ring (bicyclic) bond motifs is 1. The SMILES string of the molecule is O=S(=O)(C(F)F)N1C[C@H]2CNC[C@H]2C1. The molecule has 7 heteroatoms. The Balaban J connectivity index is 2.09. The van der Waals surface area contributed by atoms with Crippen LogP contribution in [0.1, 0.15) is 0 Å². The molecule has 0 saturated carbocycles. The third kappa shape index (κ3) is 1.53. The second-order valence-electron chi connectivity index (χ2n) is 3.80. The molecule has 0 aromatic rings. The minimum absolute atomic E-state index is 0.212. The van der Waals surface area contributed by atoms with E-state index in [2.05, 4.69) is 5.32 Å². The highest BCUT2D eigenvalue weighted by Crippen LogP contribution is 2.29. The molecule has 2 rings (SSSR count). The number of nitrogens with zero attached hydrogens (tertiary/aromatic N) is 1. The van der Waals surface area contributed by atoms with Gasteiger partial charge in [0, 0.05) is 13.1 Å². The average Bonchev–Trinajstić information content (AvgIpc) is 2.60. The first-order valence-electron chi connectivity index (χ1n) is 4.49. The molecule has 4 nitrogen and oxygen atoms in total. The van der Waals surface area contributed by atoms with Gasteiger partial charge in [0.05, 0.1) is 0 Å². The maximum atomic E-state index is 12.2. The molecular weight excluding hydrogens is 214 g/mol. The van der Waals surface area contributed by atoms with Crippen molar-refractivity contribution in [2.24, 2.45) is 11.8 Å². The van der Waals surface area contributed by atoms with Crippen LogP contribution in [0.2, 0.25) is 0 Å². The highest BCUT2D eigenvalue weighted by atomic mass is 32.2. The third-order valence-electron chi connectivity index (χ3n) is 2.94. The van der Waals surface area contributed by atoms with Gasteiger partial charge in [-0.3, -0.25) is 0 Å². The van der Waals surface area contributed by atoms with Gasteiger partial charge in [-0.15, -0.1) is 0 Å². The lowest BCUT2D eigenvalue weighted by molar-refractivity contribution is 0.221. The van der Waals surface area contributed by atoms with Crippen LogP contribution in [0.4, 0.5) is 8.78 Å². The smallest absolute Gasteiger partial charge is 0.316 e. The average molecular weight is 226 g/mol. The van der Waals surface area contributed by atoms with Gasteiger partial charge in [-0.25, -0.2) is 8.42 Å². The van der Waals surface area contributed by atoms with E-state index in [1.165, 1.54) is 0 Å². The Morgan fingerprint density at radius 2 is 1.71 bits per heavy atom. The number of halogens is 2. The molecule has 0 spiro atoms. The zero-order valence-corrected chi connectivity index (χ0v) is 8.30. The summed E-state index contributed by atoms with van der Waals surface area (Å²) in [4.78, 5) is 0. The van der Waals surface area contributed by atoms with Crippen LogP contribution in [-0.2, 0) is 10.0 Å². The minimum atomic E-state index is -4.35. The molecule has 1 N–H and O–H groups in total. The Hall–Kier alpha value is -0.270. The zero-order chi connectivity index (χ0) is 10.3. The van der Waals surface area contributed by atoms with Gasteiger partial charge in [-0.05, 0) is 24.9 Å². The van der Waals surface area contributed by atoms with Crippen LogP contribution in [-0.4, -0.2) is 44.7 Å². The fraction of sp³-hybridized carbons (Fsp3) is 1.00. The van der Waals surface area contributed by atoms with Crippen molar-refractivity contribution in [3.05, 3.63) is 0 Å². The van der Waals surface area contributed by atoms with Crippen LogP contribution in [0, 0.1) is 11.8 Å². The predicted molar refractivity (Wildman–Crippen MR) is 46.3 cm³/mol. The quantitative estimate of drug-likeness (QED) is 0.702. The fourth-order valence-corrected chi connectivity index (χ4v) is 3.16. The molecule has 0 aliphatic carbocycles. The zero-order valence-electron chi connectivity index (χ0n) is 7.49. The topological polar surface area (TPSA) is 49.4 Å². The lowest BCUT2D eigenvalue weighted by atomic mass is 10.0. The molecule has 2 fully saturated rings. The summed E-state index contributed by atoms with van der Waals surface area (Å²) in [6, 6.07) is 0. The summed E-state index contributed by atoms with van der Waals surface area (Å²) in [5, 5.41) is 3.12. The summed E-state index contributed by atoms with van der Waals surface area (Å²) in [6.45, 7) is 1.95. The van der Waals surface area contributed by atoms with Crippen molar-refractivity contribution in [2.75, 3.05) is 26.2 Å². The van der Waals surface area contributed by atoms with Crippen LogP contribution >= 0.6 is 0 Å². The predicted octanol–water partition coefficient (Wildman–Crippen LogP) is -0.310. The molecule has 14 heavy (non-hydrogen) atoms. The lowest BCUT2D eigenvalue weighted by Crippen LogP contribution is -2.35. The molecule has 2 atom stereocenters. The standard InChI is InChI=1S/C7H12F2N2O2S/c8-7(9)14(12,13)11-3-5-1-10-2-6(5)4-11/h5-7,10H,1-4H2/t5-,6+. The molecule has 0 amide bonds. The van der Waals surface area contributed by atoms with Gasteiger partial charge >= 0.3 is 5.76 Å². The highest BCUT2D eigenvalue weighted by Gasteiger charge is 2.43. The first-order chi connectivity index (χ1) is 6.51. The molecule has 0 aromatic heterocycles. The number of alkyl halides is 2. The molecule has 0 unspecified atom stereocenters. The van der Waals surface area contributed by atoms with Crippen molar-refractivity contribution in [1.82, 2.24) is 9.62 Å². The number of hydrogen-bond acceptors (Lipinski definition) is 3. The van der Waals surface area contributed by atoms with E-state index in [0.717, 1.165) is 17.4 Å². The van der Waals surface area contributed by atoms with E-state index in [4.69, 9.17) is 0 Å². The molecule has 2 saturated heterocycles. The molecule has 2 aliphatic heterocycles. The Morgan fingerprint density at radius 1 is 1.21 bits per heavy atom. The minimum Gasteiger partial charge on any atom is -0.316 e. The third-order valence-corrected chi connectivity index (χ3v) is 4.41. The number of hydrogen-bond donors (Lipinski definition) is 1. The van der Waals surface area contributed by atoms with E-state index in [1.54, 1.807) is 0 Å². The van der Waals surface area contributed by atoms with E-state index < -0.39 is 15.8 Å². The molecule has 2 heterocycles. The van der Waals surface area contributed by atoms with E-state index in [9.17, 15) is 17.2 Å². The number of nitrogens with one attached hydrogen (secondary N) is 1. The van der Waals surface area contributed by atoms with Gasteiger partial charge in [0.2, 0.25) is 0 Å². The Kier molecular flexibility index (Phi) is 2.48. The van der Waals surface area contributed by atoms with Crippen LogP contribution in [0.25, 0.3) is 0 Å². The summed E-state index contributed by atoms with van der Waals surface area (Å²) < 4.78 is 47.6. The van der Waals surface area contributed by atoms with Crippen molar-refractivity contribution in [3.63, 3.8) is 0 Å². The first kappa shape index (κ1) is 10.3. The van der Waals surface area contributed by atoms with Crippen molar-refractivity contribution in [1.29, 1.82) is 0 Å². The Bertz CT molecular complexity index is 308. The van der Waals surface area contributed by atoms with Crippen LogP contribution < -0.4 is 5.32 Å². The van der Waals surface area contributed by atoms with Crippen molar-refractivity contribution in [3.8, 4) is 0 Å². The Labute approximate surface area is 81.3 Å². The maximum Gasteiger partial charge on any atom is 0.350 e. The number of sulfonamides is 1. The fourth-order valence-electron chi connectivity index (χ4n) is 2.13. The van der Waals surface area contributed by atoms with Crippen LogP contribution in [0.3, 0.4) is 0 Å². The second kappa shape index (κ2) is 3.39. The van der Waals surface area contributed by atoms with Gasteiger partial charge in [-0.1, -0.05) is 0 Å². The van der Waals surface area contributed by atoms with E-state index >= 15 is 0 Å². The van der Waals surface area contributed by atoms with E-state index in [0.29, 0.717) is 0 Å². The first-order valence-corrected chi connectivity index (χ1v) is 6.00. The summed E-state index contributed by atoms with van der Waals surface area (Å²) in [5.74, 6) is -2.86. The van der Waals surface area contributed by atoms with E-state index in [1.807, 2.05) is 0 Å². The van der Waals surface area contributed by atoms with Crippen molar-refractivity contribution >= 4 is 10.0 Å². The van der Waals surface area contributed by atoms with Crippen LogP contribution in [0.5, 0.6) is 0 Å². The van der Waals surface area contributed by atoms with Gasteiger partial charge in [0.1, 0.15) is 0 Å². The number of rotatable bonds is 2. The molecule has 0 bridgehead atoms. The normalized spacial score (nSPS) is 33.9. The Morgan fingerprint density at radius 3 is 2.14 bits per heavy atom. The lowest BCUT2D eigenvalue weighted by Gasteiger charge is -2.16. The van der Waals surface area contributed by atoms with Crippen molar-refractivity contribution < 1.29 is 17.2 Å². The summed E-state index contributed by atoms with van der Waals surface area (Å²) in [7, 11) is -4.35. The molecule has 2 aliphatic rings. The van der Waals surface area contributed by atoms with Gasteiger partial charge in [-0.2, -0.15) is 13.1 Å². The van der Waals surface area contributed by atoms with Gasteiger partial charge < -0.3 is 5.32 Å². The van der Waals surface area contributed by atoms with E-state index in [-0.39, 0.29) is 24.9 Å². The van der Waals surface area contributed by atoms with Crippen molar-refractivity contribution in [2.45, 2.75) is 5.76 Å². The van der Waals surface area contributed by atoms with Gasteiger partial charge in [0.25, 0.3) is 10.0 Å². The highest BCUT2D eigenvalue weighted by molar-refractivity contribution is 7.89. The summed E-state index contributed by atoms with van der Waals surface area (Å²) in [5.41, 5.74) is 0. The van der Waals surface area contributed by atoms with Crippen LogP contribution in [0.15, 0.2) is 0 Å². The second-order valence-corrected chi connectivity index (χ2v) is 5.70.